The second kappa shape index (κ2) is 6.13. The van der Waals surface area contributed by atoms with Gasteiger partial charge in [0.1, 0.15) is 0 Å². The van der Waals surface area contributed by atoms with Crippen LogP contribution in [0.4, 0.5) is 0 Å². The summed E-state index contributed by atoms with van der Waals surface area (Å²) in [5, 5.41) is 8.92. The van der Waals surface area contributed by atoms with Crippen LogP contribution in [0.5, 0.6) is 0 Å². The Labute approximate surface area is 124 Å². The Hall–Kier alpha value is -1.44. The van der Waals surface area contributed by atoms with Crippen LogP contribution in [0.3, 0.4) is 0 Å². The topological polar surface area (TPSA) is 83.9 Å². The van der Waals surface area contributed by atoms with Crippen molar-refractivity contribution >= 4 is 16.0 Å². The Morgan fingerprint density at radius 1 is 1.38 bits per heavy atom. The predicted octanol–water partition coefficient (Wildman–Crippen LogP) is 1.17. The smallest absolute Gasteiger partial charge is 0.305 e. The monoisotopic (exact) mass is 313 g/mol. The molecule has 1 aliphatic heterocycles. The summed E-state index contributed by atoms with van der Waals surface area (Å²) >= 11 is 0. The van der Waals surface area contributed by atoms with Gasteiger partial charge in [-0.25, -0.2) is 8.42 Å². The lowest BCUT2D eigenvalue weighted by molar-refractivity contribution is -0.139. The van der Waals surface area contributed by atoms with Crippen LogP contribution in [0.25, 0.3) is 0 Å². The van der Waals surface area contributed by atoms with E-state index in [-0.39, 0.29) is 31.1 Å². The number of carbonyl (C=O) groups is 1. The van der Waals surface area contributed by atoms with Gasteiger partial charge < -0.3 is 9.84 Å². The fourth-order valence-electron chi connectivity index (χ4n) is 2.33. The highest BCUT2D eigenvalue weighted by Gasteiger charge is 2.35. The molecule has 1 aromatic rings. The number of rotatable bonds is 4. The van der Waals surface area contributed by atoms with Crippen LogP contribution in [0, 0.1) is 13.8 Å². The number of benzene rings is 1. The van der Waals surface area contributed by atoms with Crippen molar-refractivity contribution < 1.29 is 23.1 Å². The summed E-state index contributed by atoms with van der Waals surface area (Å²) in [5.41, 5.74) is 1.90. The number of nitrogens with zero attached hydrogens (tertiary/aromatic N) is 1. The predicted molar refractivity (Wildman–Crippen MR) is 76.7 cm³/mol. The molecule has 21 heavy (non-hydrogen) atoms. The highest BCUT2D eigenvalue weighted by atomic mass is 32.2. The third kappa shape index (κ3) is 3.42. The summed E-state index contributed by atoms with van der Waals surface area (Å²) in [6.07, 6.45) is -0.260. The van der Waals surface area contributed by atoms with Crippen LogP contribution >= 0.6 is 0 Å². The minimum atomic E-state index is -3.71. The van der Waals surface area contributed by atoms with E-state index in [0.717, 1.165) is 11.1 Å². The molecule has 0 spiro atoms. The standard InChI is InChI=1S/C14H19NO5S/c1-10-3-4-13(7-11(10)2)21(18,19)15-5-6-20-9-12(15)8-14(16)17/h3-4,7,12H,5-6,8-9H2,1-2H3,(H,16,17). The number of carboxylic acids is 1. The van der Waals surface area contributed by atoms with Gasteiger partial charge in [0, 0.05) is 6.54 Å². The maximum atomic E-state index is 12.7. The number of hydrogen-bond donors (Lipinski definition) is 1. The summed E-state index contributed by atoms with van der Waals surface area (Å²) in [6.45, 7) is 4.32. The molecule has 1 aromatic carbocycles. The largest absolute Gasteiger partial charge is 0.481 e. The second-order valence-corrected chi connectivity index (χ2v) is 7.08. The van der Waals surface area contributed by atoms with E-state index in [1.165, 1.54) is 4.31 Å². The van der Waals surface area contributed by atoms with E-state index in [4.69, 9.17) is 9.84 Å². The average molecular weight is 313 g/mol. The van der Waals surface area contributed by atoms with Gasteiger partial charge >= 0.3 is 5.97 Å². The van der Waals surface area contributed by atoms with Crippen molar-refractivity contribution in [1.29, 1.82) is 0 Å². The van der Waals surface area contributed by atoms with Crippen LogP contribution in [0.15, 0.2) is 23.1 Å². The first-order valence-electron chi connectivity index (χ1n) is 6.71. The molecule has 7 heteroatoms. The maximum Gasteiger partial charge on any atom is 0.305 e. The highest BCUT2D eigenvalue weighted by Crippen LogP contribution is 2.24. The lowest BCUT2D eigenvalue weighted by Crippen LogP contribution is -2.49. The van der Waals surface area contributed by atoms with Gasteiger partial charge in [0.25, 0.3) is 0 Å². The molecule has 0 bridgehead atoms. The van der Waals surface area contributed by atoms with E-state index in [1.807, 2.05) is 13.8 Å². The van der Waals surface area contributed by atoms with E-state index in [1.54, 1.807) is 18.2 Å². The molecular formula is C14H19NO5S. The molecule has 116 valence electrons. The zero-order valence-corrected chi connectivity index (χ0v) is 12.9. The molecule has 1 heterocycles. The van der Waals surface area contributed by atoms with E-state index in [0.29, 0.717) is 0 Å². The van der Waals surface area contributed by atoms with Gasteiger partial charge in [-0.05, 0) is 37.1 Å². The first-order valence-corrected chi connectivity index (χ1v) is 8.15. The molecule has 0 aromatic heterocycles. The van der Waals surface area contributed by atoms with Crippen molar-refractivity contribution in [3.8, 4) is 0 Å². The Bertz CT molecular complexity index is 641. The van der Waals surface area contributed by atoms with Gasteiger partial charge in [0.05, 0.1) is 30.6 Å². The van der Waals surface area contributed by atoms with Crippen molar-refractivity contribution in [3.05, 3.63) is 29.3 Å². The first-order chi connectivity index (χ1) is 9.82. The lowest BCUT2D eigenvalue weighted by Gasteiger charge is -2.33. The fourth-order valence-corrected chi connectivity index (χ4v) is 4.01. The van der Waals surface area contributed by atoms with Crippen molar-refractivity contribution in [2.75, 3.05) is 19.8 Å². The van der Waals surface area contributed by atoms with Crippen LogP contribution < -0.4 is 0 Å². The van der Waals surface area contributed by atoms with E-state index in [2.05, 4.69) is 0 Å². The average Bonchev–Trinajstić information content (AvgIpc) is 2.41. The van der Waals surface area contributed by atoms with Crippen LogP contribution in [-0.2, 0) is 19.6 Å². The lowest BCUT2D eigenvalue weighted by atomic mass is 10.1. The van der Waals surface area contributed by atoms with Gasteiger partial charge in [-0.1, -0.05) is 6.07 Å². The third-order valence-corrected chi connectivity index (χ3v) is 5.62. The molecule has 1 N–H and O–H groups in total. The number of aryl methyl sites for hydroxylation is 2. The minimum absolute atomic E-state index is 0.108. The zero-order chi connectivity index (χ0) is 15.6. The Morgan fingerprint density at radius 3 is 2.71 bits per heavy atom. The molecule has 1 saturated heterocycles. The van der Waals surface area contributed by atoms with Crippen LogP contribution in [0.1, 0.15) is 17.5 Å². The van der Waals surface area contributed by atoms with Crippen LogP contribution in [-0.4, -0.2) is 49.6 Å². The SMILES string of the molecule is Cc1ccc(S(=O)(=O)N2CCOCC2CC(=O)O)cc1C. The molecule has 2 rings (SSSR count). The van der Waals surface area contributed by atoms with Gasteiger partial charge in [0.2, 0.25) is 10.0 Å². The van der Waals surface area contributed by atoms with Crippen molar-refractivity contribution in [1.82, 2.24) is 4.31 Å². The highest BCUT2D eigenvalue weighted by molar-refractivity contribution is 7.89. The normalized spacial score (nSPS) is 20.4. The third-order valence-electron chi connectivity index (χ3n) is 3.67. The van der Waals surface area contributed by atoms with E-state index >= 15 is 0 Å². The molecule has 1 aliphatic rings. The van der Waals surface area contributed by atoms with Crippen molar-refractivity contribution in [2.45, 2.75) is 31.2 Å². The summed E-state index contributed by atoms with van der Waals surface area (Å²) in [7, 11) is -3.71. The van der Waals surface area contributed by atoms with Crippen molar-refractivity contribution in [3.63, 3.8) is 0 Å². The molecule has 0 radical (unpaired) electrons. The molecular weight excluding hydrogens is 294 g/mol. The number of sulfonamides is 1. The Morgan fingerprint density at radius 2 is 2.10 bits per heavy atom. The summed E-state index contributed by atoms with van der Waals surface area (Å²) < 4.78 is 31.9. The number of carboxylic acid groups (broad SMARTS) is 1. The first kappa shape index (κ1) is 15.9. The molecule has 6 nitrogen and oxygen atoms in total. The number of aliphatic carboxylic acids is 1. The van der Waals surface area contributed by atoms with E-state index in [9.17, 15) is 13.2 Å². The summed E-state index contributed by atoms with van der Waals surface area (Å²) in [6, 6.07) is 4.28. The molecule has 1 atom stereocenters. The number of morpholine rings is 1. The Kier molecular flexibility index (Phi) is 4.65. The van der Waals surface area contributed by atoms with Gasteiger partial charge in [-0.15, -0.1) is 0 Å². The maximum absolute atomic E-state index is 12.7. The van der Waals surface area contributed by atoms with Crippen LogP contribution in [0.2, 0.25) is 0 Å². The zero-order valence-electron chi connectivity index (χ0n) is 12.1. The molecule has 0 aliphatic carbocycles. The molecule has 0 saturated carbocycles. The van der Waals surface area contributed by atoms with Gasteiger partial charge in [-0.3, -0.25) is 4.79 Å². The quantitative estimate of drug-likeness (QED) is 0.902. The van der Waals surface area contributed by atoms with Gasteiger partial charge in [0.15, 0.2) is 0 Å². The van der Waals surface area contributed by atoms with Crippen molar-refractivity contribution in [2.24, 2.45) is 0 Å². The summed E-state index contributed by atoms with van der Waals surface area (Å²) in [4.78, 5) is 11.1. The van der Waals surface area contributed by atoms with E-state index < -0.39 is 22.0 Å². The molecule has 0 amide bonds. The number of ether oxygens (including phenoxy) is 1. The Balaban J connectivity index is 2.35. The second-order valence-electron chi connectivity index (χ2n) is 5.19. The number of hydrogen-bond acceptors (Lipinski definition) is 4. The van der Waals surface area contributed by atoms with Gasteiger partial charge in [-0.2, -0.15) is 4.31 Å². The molecule has 1 fully saturated rings. The summed E-state index contributed by atoms with van der Waals surface area (Å²) in [5.74, 6) is -1.04. The molecule has 1 unspecified atom stereocenters. The fraction of sp³-hybridized carbons (Fsp3) is 0.500. The minimum Gasteiger partial charge on any atom is -0.481 e.